The Bertz CT molecular complexity index is 166. The molecule has 0 unspecified atom stereocenters. The van der Waals surface area contributed by atoms with E-state index >= 15 is 0 Å². The first kappa shape index (κ1) is 11.6. The van der Waals surface area contributed by atoms with Gasteiger partial charge in [-0.2, -0.15) is 0 Å². The fourth-order valence-electron chi connectivity index (χ4n) is 1.77. The number of terminal acetylenes is 1. The molecule has 1 rings (SSSR count). The van der Waals surface area contributed by atoms with Crippen LogP contribution in [-0.4, -0.2) is 25.9 Å². The Balaban J connectivity index is 1.85. The first-order valence-electron chi connectivity index (χ1n) is 5.56. The summed E-state index contributed by atoms with van der Waals surface area (Å²) in [6.45, 7) is 1.95. The molecule has 1 aliphatic carbocycles. The lowest BCUT2D eigenvalue weighted by Gasteiger charge is -2.21. The molecule has 0 N–H and O–H groups in total. The number of hydrogen-bond acceptors (Lipinski definition) is 2. The summed E-state index contributed by atoms with van der Waals surface area (Å²) in [5.74, 6) is 2.44. The molecule has 0 aromatic heterocycles. The van der Waals surface area contributed by atoms with Crippen molar-refractivity contribution in [3.63, 3.8) is 0 Å². The predicted molar refractivity (Wildman–Crippen MR) is 57.1 cm³/mol. The summed E-state index contributed by atoms with van der Waals surface area (Å²) in [5.41, 5.74) is 0. The van der Waals surface area contributed by atoms with Crippen LogP contribution < -0.4 is 0 Å². The van der Waals surface area contributed by atoms with Crippen molar-refractivity contribution < 1.29 is 9.47 Å². The van der Waals surface area contributed by atoms with Crippen molar-refractivity contribution in [2.75, 3.05) is 19.8 Å². The van der Waals surface area contributed by atoms with E-state index in [0.717, 1.165) is 19.6 Å². The second-order valence-corrected chi connectivity index (χ2v) is 3.74. The van der Waals surface area contributed by atoms with Gasteiger partial charge in [0, 0.05) is 6.61 Å². The number of ether oxygens (including phenoxy) is 2. The monoisotopic (exact) mass is 196 g/mol. The zero-order chi connectivity index (χ0) is 10.1. The van der Waals surface area contributed by atoms with Gasteiger partial charge in [-0.05, 0) is 19.3 Å². The molecule has 0 heterocycles. The third kappa shape index (κ3) is 5.26. The molecule has 1 fully saturated rings. The van der Waals surface area contributed by atoms with E-state index in [1.807, 2.05) is 0 Å². The molecule has 0 aromatic rings. The van der Waals surface area contributed by atoms with E-state index in [4.69, 9.17) is 15.9 Å². The van der Waals surface area contributed by atoms with Crippen molar-refractivity contribution >= 4 is 0 Å². The van der Waals surface area contributed by atoms with Gasteiger partial charge in [0.05, 0.1) is 12.7 Å². The van der Waals surface area contributed by atoms with Crippen molar-refractivity contribution in [2.45, 2.75) is 44.6 Å². The summed E-state index contributed by atoms with van der Waals surface area (Å²) >= 11 is 0. The molecule has 0 bridgehead atoms. The number of rotatable bonds is 6. The highest BCUT2D eigenvalue weighted by atomic mass is 16.5. The Morgan fingerprint density at radius 2 is 1.93 bits per heavy atom. The minimum Gasteiger partial charge on any atom is -0.378 e. The van der Waals surface area contributed by atoms with Crippen LogP contribution in [-0.2, 0) is 9.47 Å². The average molecular weight is 196 g/mol. The maximum Gasteiger partial charge on any atom is 0.107 e. The summed E-state index contributed by atoms with van der Waals surface area (Å²) in [7, 11) is 0. The number of hydrogen-bond donors (Lipinski definition) is 0. The van der Waals surface area contributed by atoms with Crippen molar-refractivity contribution in [3.8, 4) is 12.3 Å². The minimum absolute atomic E-state index is 0.420. The third-order valence-corrected chi connectivity index (χ3v) is 2.52. The zero-order valence-electron chi connectivity index (χ0n) is 8.84. The molecule has 0 atom stereocenters. The van der Waals surface area contributed by atoms with Crippen LogP contribution in [0.1, 0.15) is 38.5 Å². The van der Waals surface area contributed by atoms with Gasteiger partial charge >= 0.3 is 0 Å². The molecule has 0 aromatic carbocycles. The van der Waals surface area contributed by atoms with E-state index in [1.165, 1.54) is 32.1 Å². The van der Waals surface area contributed by atoms with Crippen LogP contribution in [0, 0.1) is 12.3 Å². The molecular formula is C12H20O2. The van der Waals surface area contributed by atoms with E-state index in [9.17, 15) is 0 Å². The summed E-state index contributed by atoms with van der Waals surface area (Å²) in [6.07, 6.45) is 13.0. The Kier molecular flexibility index (Phi) is 6.47. The quantitative estimate of drug-likeness (QED) is 0.479. The maximum absolute atomic E-state index is 5.73. The normalized spacial score (nSPS) is 17.9. The molecule has 0 amide bonds. The van der Waals surface area contributed by atoms with Gasteiger partial charge in [0.15, 0.2) is 0 Å². The summed E-state index contributed by atoms with van der Waals surface area (Å²) in [4.78, 5) is 0. The average Bonchev–Trinajstić information content (AvgIpc) is 2.25. The van der Waals surface area contributed by atoms with Crippen LogP contribution in [0.5, 0.6) is 0 Å². The van der Waals surface area contributed by atoms with Gasteiger partial charge in [-0.3, -0.25) is 0 Å². The Morgan fingerprint density at radius 3 is 2.64 bits per heavy atom. The van der Waals surface area contributed by atoms with Gasteiger partial charge in [0.25, 0.3) is 0 Å². The van der Waals surface area contributed by atoms with Crippen LogP contribution >= 0.6 is 0 Å². The molecular weight excluding hydrogens is 176 g/mol. The van der Waals surface area contributed by atoms with Crippen molar-refractivity contribution in [3.05, 3.63) is 0 Å². The van der Waals surface area contributed by atoms with Crippen LogP contribution in [0.25, 0.3) is 0 Å². The van der Waals surface area contributed by atoms with Gasteiger partial charge in [-0.15, -0.1) is 6.42 Å². The Morgan fingerprint density at radius 1 is 1.14 bits per heavy atom. The Labute approximate surface area is 87.0 Å². The zero-order valence-corrected chi connectivity index (χ0v) is 8.84. The van der Waals surface area contributed by atoms with Gasteiger partial charge in [0.1, 0.15) is 6.61 Å². The molecule has 2 heteroatoms. The lowest BCUT2D eigenvalue weighted by atomic mass is 9.98. The van der Waals surface area contributed by atoms with Crippen molar-refractivity contribution in [1.82, 2.24) is 0 Å². The van der Waals surface area contributed by atoms with Crippen LogP contribution in [0.15, 0.2) is 0 Å². The van der Waals surface area contributed by atoms with Crippen LogP contribution in [0.3, 0.4) is 0 Å². The minimum atomic E-state index is 0.420. The van der Waals surface area contributed by atoms with E-state index in [2.05, 4.69) is 5.92 Å². The fraction of sp³-hybridized carbons (Fsp3) is 0.833. The van der Waals surface area contributed by atoms with E-state index in [-0.39, 0.29) is 0 Å². The standard InChI is InChI=1S/C12H20O2/c1-2-9-13-10-6-11-14-12-7-4-3-5-8-12/h1,12H,3-11H2. The molecule has 0 saturated heterocycles. The topological polar surface area (TPSA) is 18.5 Å². The molecule has 1 saturated carbocycles. The van der Waals surface area contributed by atoms with Gasteiger partial charge in [-0.25, -0.2) is 0 Å². The first-order chi connectivity index (χ1) is 6.93. The molecule has 0 radical (unpaired) electrons. The van der Waals surface area contributed by atoms with Crippen molar-refractivity contribution in [1.29, 1.82) is 0 Å². The molecule has 80 valence electrons. The van der Waals surface area contributed by atoms with Gasteiger partial charge < -0.3 is 9.47 Å². The van der Waals surface area contributed by atoms with E-state index in [1.54, 1.807) is 0 Å². The second-order valence-electron chi connectivity index (χ2n) is 3.74. The smallest absolute Gasteiger partial charge is 0.107 e. The lowest BCUT2D eigenvalue weighted by molar-refractivity contribution is 0.0164. The Hall–Kier alpha value is -0.520. The van der Waals surface area contributed by atoms with Crippen LogP contribution in [0.2, 0.25) is 0 Å². The van der Waals surface area contributed by atoms with Gasteiger partial charge in [-0.1, -0.05) is 25.2 Å². The van der Waals surface area contributed by atoms with Crippen molar-refractivity contribution in [2.24, 2.45) is 0 Å². The maximum atomic E-state index is 5.73. The highest BCUT2D eigenvalue weighted by Crippen LogP contribution is 2.20. The third-order valence-electron chi connectivity index (χ3n) is 2.52. The fourth-order valence-corrected chi connectivity index (χ4v) is 1.77. The lowest BCUT2D eigenvalue weighted by Crippen LogP contribution is -2.17. The molecule has 1 aliphatic rings. The molecule has 2 nitrogen and oxygen atoms in total. The first-order valence-corrected chi connectivity index (χ1v) is 5.56. The molecule has 0 spiro atoms. The van der Waals surface area contributed by atoms with E-state index in [0.29, 0.717) is 12.7 Å². The second kappa shape index (κ2) is 7.84. The molecule has 14 heavy (non-hydrogen) atoms. The highest BCUT2D eigenvalue weighted by Gasteiger charge is 2.12. The highest BCUT2D eigenvalue weighted by molar-refractivity contribution is 4.82. The predicted octanol–water partition coefficient (Wildman–Crippen LogP) is 2.38. The summed E-state index contributed by atoms with van der Waals surface area (Å²) in [6, 6.07) is 0. The van der Waals surface area contributed by atoms with Crippen LogP contribution in [0.4, 0.5) is 0 Å². The van der Waals surface area contributed by atoms with Gasteiger partial charge in [0.2, 0.25) is 0 Å². The summed E-state index contributed by atoms with van der Waals surface area (Å²) in [5, 5.41) is 0. The summed E-state index contributed by atoms with van der Waals surface area (Å²) < 4.78 is 10.9. The largest absolute Gasteiger partial charge is 0.378 e. The molecule has 0 aliphatic heterocycles. The van der Waals surface area contributed by atoms with E-state index < -0.39 is 0 Å². The SMILES string of the molecule is C#CCOCCCOC1CCCCC1.